The van der Waals surface area contributed by atoms with E-state index in [4.69, 9.17) is 16.4 Å². The number of imide groups is 1. The molecular weight excluding hydrogens is 407 g/mol. The summed E-state index contributed by atoms with van der Waals surface area (Å²) < 4.78 is 13.5. The van der Waals surface area contributed by atoms with Crippen molar-refractivity contribution in [2.24, 2.45) is 5.92 Å². The molecule has 0 unspecified atom stereocenters. The third-order valence-electron chi connectivity index (χ3n) is 5.42. The van der Waals surface area contributed by atoms with Gasteiger partial charge < -0.3 is 0 Å². The molecule has 3 aromatic rings. The van der Waals surface area contributed by atoms with Gasteiger partial charge in [0.05, 0.1) is 17.4 Å². The molecule has 2 aliphatic rings. The van der Waals surface area contributed by atoms with Crippen molar-refractivity contribution in [3.8, 4) is 0 Å². The fraction of sp³-hybridized carbons (Fsp3) is 0.130. The zero-order chi connectivity index (χ0) is 20.8. The molecule has 2 saturated heterocycles. The normalized spacial score (nSPS) is 23.2. The van der Waals surface area contributed by atoms with E-state index in [2.05, 4.69) is 0 Å². The Morgan fingerprint density at radius 3 is 2.13 bits per heavy atom. The van der Waals surface area contributed by atoms with Gasteiger partial charge in [-0.15, -0.1) is 0 Å². The van der Waals surface area contributed by atoms with E-state index in [1.54, 1.807) is 65.7 Å². The highest BCUT2D eigenvalue weighted by Gasteiger charge is 2.60. The Morgan fingerprint density at radius 1 is 0.800 bits per heavy atom. The fourth-order valence-corrected chi connectivity index (χ4v) is 4.18. The second kappa shape index (κ2) is 7.23. The summed E-state index contributed by atoms with van der Waals surface area (Å²) in [6.45, 7) is 0. The van der Waals surface area contributed by atoms with Crippen molar-refractivity contribution in [2.75, 3.05) is 9.96 Å². The fourth-order valence-electron chi connectivity index (χ4n) is 4.06. The first-order chi connectivity index (χ1) is 14.5. The molecule has 30 heavy (non-hydrogen) atoms. The number of benzene rings is 3. The van der Waals surface area contributed by atoms with E-state index in [0.717, 1.165) is 0 Å². The van der Waals surface area contributed by atoms with Gasteiger partial charge in [0.25, 0.3) is 5.91 Å². The minimum atomic E-state index is -0.969. The van der Waals surface area contributed by atoms with Gasteiger partial charge in [-0.05, 0) is 54.1 Å². The van der Waals surface area contributed by atoms with Crippen LogP contribution in [0.2, 0.25) is 5.02 Å². The summed E-state index contributed by atoms with van der Waals surface area (Å²) in [5, 5.41) is 2.11. The average molecular weight is 423 g/mol. The average Bonchev–Trinajstić information content (AvgIpc) is 3.26. The molecule has 3 aromatic carbocycles. The predicted molar refractivity (Wildman–Crippen MR) is 110 cm³/mol. The smallest absolute Gasteiger partial charge is 0.266 e. The standard InChI is InChI=1S/C23H16ClFN2O3/c24-15-8-12-18(13-9-15)27-20(14-6-10-16(25)11-7-14)19-21(30-27)23(29)26(22(19)28)17-4-2-1-3-5-17/h1-13,19-21H/t19-,20-,21-/m1/s1. The summed E-state index contributed by atoms with van der Waals surface area (Å²) in [6.07, 6.45) is -0.969. The second-order valence-electron chi connectivity index (χ2n) is 7.20. The molecule has 3 atom stereocenters. The van der Waals surface area contributed by atoms with Crippen molar-refractivity contribution in [3.05, 3.63) is 95.3 Å². The molecule has 0 aromatic heterocycles. The monoisotopic (exact) mass is 422 g/mol. The maximum atomic E-state index is 13.5. The molecule has 150 valence electrons. The van der Waals surface area contributed by atoms with Crippen molar-refractivity contribution in [2.45, 2.75) is 12.1 Å². The lowest BCUT2D eigenvalue weighted by Crippen LogP contribution is -2.37. The van der Waals surface area contributed by atoms with Crippen molar-refractivity contribution >= 4 is 34.8 Å². The lowest BCUT2D eigenvalue weighted by Gasteiger charge is -2.28. The zero-order valence-electron chi connectivity index (χ0n) is 15.6. The molecule has 0 N–H and O–H groups in total. The van der Waals surface area contributed by atoms with Crippen LogP contribution >= 0.6 is 11.6 Å². The third-order valence-corrected chi connectivity index (χ3v) is 5.67. The van der Waals surface area contributed by atoms with Crippen LogP contribution < -0.4 is 9.96 Å². The summed E-state index contributed by atoms with van der Waals surface area (Å²) in [6, 6.07) is 21.0. The van der Waals surface area contributed by atoms with Gasteiger partial charge >= 0.3 is 0 Å². The number of nitrogens with zero attached hydrogens (tertiary/aromatic N) is 2. The third kappa shape index (κ3) is 2.96. The van der Waals surface area contributed by atoms with E-state index in [0.29, 0.717) is 22.0 Å². The molecule has 0 saturated carbocycles. The lowest BCUT2D eigenvalue weighted by molar-refractivity contribution is -0.126. The van der Waals surface area contributed by atoms with E-state index in [1.165, 1.54) is 17.0 Å². The van der Waals surface area contributed by atoms with Crippen molar-refractivity contribution in [1.82, 2.24) is 0 Å². The minimum Gasteiger partial charge on any atom is -0.273 e. The van der Waals surface area contributed by atoms with Gasteiger partial charge in [0.2, 0.25) is 5.91 Å². The summed E-state index contributed by atoms with van der Waals surface area (Å²) in [7, 11) is 0. The van der Waals surface area contributed by atoms with Crippen LogP contribution in [0.25, 0.3) is 0 Å². The summed E-state index contributed by atoms with van der Waals surface area (Å²) in [4.78, 5) is 33.7. The second-order valence-corrected chi connectivity index (χ2v) is 7.63. The number of anilines is 2. The summed E-state index contributed by atoms with van der Waals surface area (Å²) in [5.41, 5.74) is 1.83. The number of halogens is 2. The first-order valence-corrected chi connectivity index (χ1v) is 9.82. The van der Waals surface area contributed by atoms with Gasteiger partial charge in [0, 0.05) is 5.02 Å². The molecule has 2 amide bonds. The van der Waals surface area contributed by atoms with Crippen LogP contribution in [0.5, 0.6) is 0 Å². The molecule has 2 fully saturated rings. The Labute approximate surface area is 177 Å². The Morgan fingerprint density at radius 2 is 1.47 bits per heavy atom. The van der Waals surface area contributed by atoms with E-state index >= 15 is 0 Å². The number of hydroxylamine groups is 1. The van der Waals surface area contributed by atoms with Crippen LogP contribution in [0.1, 0.15) is 11.6 Å². The molecule has 0 aliphatic carbocycles. The lowest BCUT2D eigenvalue weighted by atomic mass is 9.90. The molecule has 0 spiro atoms. The van der Waals surface area contributed by atoms with Crippen LogP contribution in [0.4, 0.5) is 15.8 Å². The highest BCUT2D eigenvalue weighted by molar-refractivity contribution is 6.30. The largest absolute Gasteiger partial charge is 0.273 e. The molecule has 7 heteroatoms. The van der Waals surface area contributed by atoms with Gasteiger partial charge in [-0.3, -0.25) is 14.4 Å². The summed E-state index contributed by atoms with van der Waals surface area (Å²) in [5.74, 6) is -1.91. The first-order valence-electron chi connectivity index (χ1n) is 9.44. The predicted octanol–water partition coefficient (Wildman–Crippen LogP) is 4.53. The van der Waals surface area contributed by atoms with E-state index in [-0.39, 0.29) is 11.7 Å². The Hall–Kier alpha value is -3.22. The van der Waals surface area contributed by atoms with Crippen LogP contribution in [0.15, 0.2) is 78.9 Å². The number of amides is 2. The summed E-state index contributed by atoms with van der Waals surface area (Å²) >= 11 is 6.00. The molecule has 5 nitrogen and oxygen atoms in total. The topological polar surface area (TPSA) is 49.9 Å². The molecule has 2 heterocycles. The first kappa shape index (κ1) is 18.8. The number of fused-ring (bicyclic) bond motifs is 1. The molecule has 0 radical (unpaired) electrons. The Balaban J connectivity index is 1.59. The van der Waals surface area contributed by atoms with Gasteiger partial charge in [-0.2, -0.15) is 0 Å². The van der Waals surface area contributed by atoms with E-state index < -0.39 is 24.0 Å². The van der Waals surface area contributed by atoms with Gasteiger partial charge in [-0.1, -0.05) is 41.9 Å². The number of carbonyl (C=O) groups is 2. The number of para-hydroxylation sites is 1. The number of hydrogen-bond acceptors (Lipinski definition) is 4. The van der Waals surface area contributed by atoms with Crippen LogP contribution in [0.3, 0.4) is 0 Å². The number of rotatable bonds is 3. The molecular formula is C23H16ClFN2O3. The molecule has 0 bridgehead atoms. The number of hydrogen-bond donors (Lipinski definition) is 0. The SMILES string of the molecule is O=C1[C@@H]2[C@@H](c3ccc(F)cc3)N(c3ccc(Cl)cc3)O[C@H]2C(=O)N1c1ccccc1. The van der Waals surface area contributed by atoms with E-state index in [1.807, 2.05) is 6.07 Å². The van der Waals surface area contributed by atoms with Gasteiger partial charge in [-0.25, -0.2) is 14.4 Å². The number of carbonyl (C=O) groups excluding carboxylic acids is 2. The van der Waals surface area contributed by atoms with Gasteiger partial charge in [0.1, 0.15) is 11.7 Å². The van der Waals surface area contributed by atoms with Crippen molar-refractivity contribution in [1.29, 1.82) is 0 Å². The highest BCUT2D eigenvalue weighted by Crippen LogP contribution is 2.47. The maximum absolute atomic E-state index is 13.5. The van der Waals surface area contributed by atoms with Crippen LogP contribution in [0, 0.1) is 11.7 Å². The van der Waals surface area contributed by atoms with Crippen molar-refractivity contribution < 1.29 is 18.8 Å². The highest BCUT2D eigenvalue weighted by atomic mass is 35.5. The zero-order valence-corrected chi connectivity index (χ0v) is 16.4. The van der Waals surface area contributed by atoms with Crippen molar-refractivity contribution in [3.63, 3.8) is 0 Å². The minimum absolute atomic E-state index is 0.345. The van der Waals surface area contributed by atoms with Crippen LogP contribution in [-0.2, 0) is 14.4 Å². The molecule has 5 rings (SSSR count). The van der Waals surface area contributed by atoms with E-state index in [9.17, 15) is 14.0 Å². The van der Waals surface area contributed by atoms with Crippen LogP contribution in [-0.4, -0.2) is 17.9 Å². The quantitative estimate of drug-likeness (QED) is 0.582. The Bertz CT molecular complexity index is 1110. The molecule has 2 aliphatic heterocycles. The van der Waals surface area contributed by atoms with Gasteiger partial charge in [0.15, 0.2) is 6.10 Å². The Kier molecular flexibility index (Phi) is 4.53. The maximum Gasteiger partial charge on any atom is 0.266 e.